The second-order valence-electron chi connectivity index (χ2n) is 6.15. The number of rotatable bonds is 5. The zero-order chi connectivity index (χ0) is 16.9. The third-order valence-corrected chi connectivity index (χ3v) is 5.48. The van der Waals surface area contributed by atoms with Gasteiger partial charge in [0, 0.05) is 25.9 Å². The number of nitrogens with zero attached hydrogens (tertiary/aromatic N) is 1. The van der Waals surface area contributed by atoms with Gasteiger partial charge in [-0.3, -0.25) is 9.59 Å². The molecule has 5 heteroatoms. The van der Waals surface area contributed by atoms with Crippen LogP contribution in [0.4, 0.5) is 0 Å². The molecule has 1 aromatic heterocycles. The van der Waals surface area contributed by atoms with Crippen LogP contribution in [0.2, 0.25) is 0 Å². The molecule has 3 rings (SSSR count). The molecule has 2 heterocycles. The lowest BCUT2D eigenvalue weighted by Crippen LogP contribution is -2.38. The number of likely N-dealkylation sites (tertiary alicyclic amines) is 1. The summed E-state index contributed by atoms with van der Waals surface area (Å²) in [6.45, 7) is 1.47. The molecule has 1 fully saturated rings. The minimum absolute atomic E-state index is 0.0531. The monoisotopic (exact) mass is 343 g/mol. The van der Waals surface area contributed by atoms with Crippen molar-refractivity contribution in [3.05, 3.63) is 52.2 Å². The Morgan fingerprint density at radius 1 is 1.08 bits per heavy atom. The maximum absolute atomic E-state index is 12.3. The van der Waals surface area contributed by atoms with Crippen LogP contribution in [0, 0.1) is 0 Å². The molecule has 0 unspecified atom stereocenters. The van der Waals surface area contributed by atoms with Gasteiger partial charge in [0.05, 0.1) is 4.88 Å². The minimum atomic E-state index is 0.0531. The van der Waals surface area contributed by atoms with Gasteiger partial charge in [-0.1, -0.05) is 18.2 Å². The number of amides is 1. The molecular formula is C19H21NO3S. The lowest BCUT2D eigenvalue weighted by Gasteiger charge is -2.32. The predicted molar refractivity (Wildman–Crippen MR) is 94.5 cm³/mol. The number of phenols is 1. The summed E-state index contributed by atoms with van der Waals surface area (Å²) in [5, 5.41) is 11.2. The normalized spacial score (nSPS) is 15.4. The number of hydrogen-bond acceptors (Lipinski definition) is 4. The summed E-state index contributed by atoms with van der Waals surface area (Å²) in [6.07, 6.45) is 2.43. The number of ketones is 1. The van der Waals surface area contributed by atoms with Gasteiger partial charge in [-0.2, -0.15) is 0 Å². The van der Waals surface area contributed by atoms with Crippen molar-refractivity contribution in [3.63, 3.8) is 0 Å². The molecule has 0 spiro atoms. The molecule has 1 aliphatic rings. The maximum atomic E-state index is 12.3. The van der Waals surface area contributed by atoms with E-state index in [1.54, 1.807) is 18.2 Å². The van der Waals surface area contributed by atoms with E-state index >= 15 is 0 Å². The maximum Gasteiger partial charge on any atom is 0.223 e. The van der Waals surface area contributed by atoms with E-state index in [4.69, 9.17) is 0 Å². The Kier molecular flexibility index (Phi) is 5.30. The number of aromatic hydroxyl groups is 1. The zero-order valence-corrected chi connectivity index (χ0v) is 14.3. The lowest BCUT2D eigenvalue weighted by molar-refractivity contribution is -0.132. The topological polar surface area (TPSA) is 57.6 Å². The van der Waals surface area contributed by atoms with E-state index in [-0.39, 0.29) is 23.9 Å². The number of phenolic OH excluding ortho intramolecular Hbond substituents is 1. The van der Waals surface area contributed by atoms with Gasteiger partial charge in [-0.15, -0.1) is 11.3 Å². The fraction of sp³-hybridized carbons (Fsp3) is 0.368. The highest BCUT2D eigenvalue weighted by atomic mass is 32.1. The number of carbonyl (C=O) groups is 2. The van der Waals surface area contributed by atoms with E-state index in [9.17, 15) is 14.7 Å². The van der Waals surface area contributed by atoms with E-state index in [1.165, 1.54) is 16.9 Å². The van der Waals surface area contributed by atoms with Crippen molar-refractivity contribution < 1.29 is 14.7 Å². The van der Waals surface area contributed by atoms with Gasteiger partial charge in [0.2, 0.25) is 5.91 Å². The van der Waals surface area contributed by atoms with E-state index in [1.807, 2.05) is 28.5 Å². The predicted octanol–water partition coefficient (Wildman–Crippen LogP) is 3.82. The van der Waals surface area contributed by atoms with Crippen LogP contribution in [0.1, 0.15) is 46.8 Å². The number of carbonyl (C=O) groups excluding carboxylic acids is 2. The van der Waals surface area contributed by atoms with Crippen molar-refractivity contribution in [1.29, 1.82) is 0 Å². The van der Waals surface area contributed by atoms with Crippen molar-refractivity contribution in [2.75, 3.05) is 13.1 Å². The highest BCUT2D eigenvalue weighted by Gasteiger charge is 2.24. The largest absolute Gasteiger partial charge is 0.508 e. The number of thiophene rings is 1. The van der Waals surface area contributed by atoms with Gasteiger partial charge in [-0.05, 0) is 47.9 Å². The van der Waals surface area contributed by atoms with Crippen LogP contribution in [0.3, 0.4) is 0 Å². The van der Waals surface area contributed by atoms with Crippen molar-refractivity contribution in [2.45, 2.75) is 31.6 Å². The van der Waals surface area contributed by atoms with Crippen LogP contribution < -0.4 is 0 Å². The Balaban J connectivity index is 1.46. The fourth-order valence-corrected chi connectivity index (χ4v) is 3.84. The number of piperidine rings is 1. The molecule has 1 saturated heterocycles. The molecule has 0 atom stereocenters. The summed E-state index contributed by atoms with van der Waals surface area (Å²) in [6, 6.07) is 11.0. The van der Waals surface area contributed by atoms with Gasteiger partial charge in [0.15, 0.2) is 5.78 Å². The minimum Gasteiger partial charge on any atom is -0.508 e. The van der Waals surface area contributed by atoms with Crippen LogP contribution in [-0.2, 0) is 4.79 Å². The Labute approximate surface area is 145 Å². The molecule has 0 saturated carbocycles. The Morgan fingerprint density at radius 2 is 1.79 bits per heavy atom. The Bertz CT molecular complexity index is 686. The first-order valence-corrected chi connectivity index (χ1v) is 9.15. The van der Waals surface area contributed by atoms with Crippen LogP contribution in [-0.4, -0.2) is 34.8 Å². The molecule has 126 valence electrons. The SMILES string of the molecule is O=C(CCC(=O)N1CCC(c2ccc(O)cc2)CC1)c1cccs1. The summed E-state index contributed by atoms with van der Waals surface area (Å²) in [5.74, 6) is 0.838. The molecule has 1 amide bonds. The number of Topliss-reactive ketones (excluding diaryl/α,β-unsaturated/α-hetero) is 1. The first-order chi connectivity index (χ1) is 11.6. The average molecular weight is 343 g/mol. The smallest absolute Gasteiger partial charge is 0.223 e. The van der Waals surface area contributed by atoms with Crippen LogP contribution in [0.15, 0.2) is 41.8 Å². The molecule has 24 heavy (non-hydrogen) atoms. The highest BCUT2D eigenvalue weighted by Crippen LogP contribution is 2.29. The molecule has 2 aromatic rings. The standard InChI is InChI=1S/C19H21NO3S/c21-16-5-3-14(4-6-16)15-9-11-20(12-10-15)19(23)8-7-17(22)18-2-1-13-24-18/h1-6,13,15,21H,7-12H2. The molecular weight excluding hydrogens is 322 g/mol. The fourth-order valence-electron chi connectivity index (χ4n) is 3.15. The third-order valence-electron chi connectivity index (χ3n) is 4.57. The Morgan fingerprint density at radius 3 is 2.42 bits per heavy atom. The van der Waals surface area contributed by atoms with Gasteiger partial charge < -0.3 is 10.0 Å². The van der Waals surface area contributed by atoms with Gasteiger partial charge in [0.1, 0.15) is 5.75 Å². The van der Waals surface area contributed by atoms with E-state index in [0.29, 0.717) is 12.3 Å². The summed E-state index contributed by atoms with van der Waals surface area (Å²) < 4.78 is 0. The average Bonchev–Trinajstić information content (AvgIpc) is 3.15. The van der Waals surface area contributed by atoms with Gasteiger partial charge in [-0.25, -0.2) is 0 Å². The van der Waals surface area contributed by atoms with Crippen molar-refractivity contribution in [1.82, 2.24) is 4.90 Å². The molecule has 1 aromatic carbocycles. The molecule has 4 nitrogen and oxygen atoms in total. The first-order valence-electron chi connectivity index (χ1n) is 8.27. The Hall–Kier alpha value is -2.14. The van der Waals surface area contributed by atoms with E-state index < -0.39 is 0 Å². The van der Waals surface area contributed by atoms with Crippen LogP contribution in [0.25, 0.3) is 0 Å². The van der Waals surface area contributed by atoms with Gasteiger partial charge >= 0.3 is 0 Å². The highest BCUT2D eigenvalue weighted by molar-refractivity contribution is 7.12. The quantitative estimate of drug-likeness (QED) is 0.840. The summed E-state index contributed by atoms with van der Waals surface area (Å²) in [4.78, 5) is 26.9. The van der Waals surface area contributed by atoms with E-state index in [0.717, 1.165) is 30.8 Å². The first kappa shape index (κ1) is 16.7. The number of benzene rings is 1. The summed E-state index contributed by atoms with van der Waals surface area (Å²) in [5.41, 5.74) is 1.22. The third kappa shape index (κ3) is 4.03. The lowest BCUT2D eigenvalue weighted by atomic mass is 9.89. The van der Waals surface area contributed by atoms with E-state index in [2.05, 4.69) is 0 Å². The summed E-state index contributed by atoms with van der Waals surface area (Å²) >= 11 is 1.42. The zero-order valence-electron chi connectivity index (χ0n) is 13.5. The van der Waals surface area contributed by atoms with Crippen LogP contribution in [0.5, 0.6) is 5.75 Å². The molecule has 1 N–H and O–H groups in total. The van der Waals surface area contributed by atoms with Crippen molar-refractivity contribution >= 4 is 23.0 Å². The molecule has 1 aliphatic heterocycles. The van der Waals surface area contributed by atoms with Gasteiger partial charge in [0.25, 0.3) is 0 Å². The second-order valence-corrected chi connectivity index (χ2v) is 7.09. The second kappa shape index (κ2) is 7.62. The number of hydrogen-bond donors (Lipinski definition) is 1. The summed E-state index contributed by atoms with van der Waals surface area (Å²) in [7, 11) is 0. The molecule has 0 bridgehead atoms. The van der Waals surface area contributed by atoms with Crippen molar-refractivity contribution in [2.24, 2.45) is 0 Å². The van der Waals surface area contributed by atoms with Crippen LogP contribution >= 0.6 is 11.3 Å². The molecule has 0 radical (unpaired) electrons. The van der Waals surface area contributed by atoms with Crippen molar-refractivity contribution in [3.8, 4) is 5.75 Å². The molecule has 0 aliphatic carbocycles.